The summed E-state index contributed by atoms with van der Waals surface area (Å²) in [4.78, 5) is 41.5. The van der Waals surface area contributed by atoms with Crippen molar-refractivity contribution < 1.29 is 19.4 Å². The maximum Gasteiger partial charge on any atom is 0.328 e. The Kier molecular flexibility index (Phi) is 8.36. The predicted octanol–water partition coefficient (Wildman–Crippen LogP) is 1.89. The van der Waals surface area contributed by atoms with E-state index in [0.29, 0.717) is 43.1 Å². The van der Waals surface area contributed by atoms with E-state index in [9.17, 15) is 9.59 Å². The third-order valence-electron chi connectivity index (χ3n) is 6.30. The van der Waals surface area contributed by atoms with Crippen LogP contribution in [0.1, 0.15) is 44.6 Å². The molecule has 1 aliphatic rings. The fourth-order valence-electron chi connectivity index (χ4n) is 4.19. The second-order valence-corrected chi connectivity index (χ2v) is 8.97. The fourth-order valence-corrected chi connectivity index (χ4v) is 4.19. The lowest BCUT2D eigenvalue weighted by Crippen LogP contribution is -2.37. The summed E-state index contributed by atoms with van der Waals surface area (Å²) in [6.07, 6.45) is 5.74. The molecular weight excluding hydrogens is 466 g/mol. The Balaban J connectivity index is 1.30. The summed E-state index contributed by atoms with van der Waals surface area (Å²) in [5.74, 6) is -0.241. The Bertz CT molecular complexity index is 1220. The minimum absolute atomic E-state index is 0.148. The molecule has 12 heteroatoms. The molecule has 0 spiro atoms. The van der Waals surface area contributed by atoms with Crippen molar-refractivity contribution in [1.82, 2.24) is 29.4 Å². The highest BCUT2D eigenvalue weighted by molar-refractivity contribution is 5.81. The summed E-state index contributed by atoms with van der Waals surface area (Å²) in [6, 6.07) is 3.78. The zero-order valence-corrected chi connectivity index (χ0v) is 20.5. The molecule has 0 atom stereocenters. The summed E-state index contributed by atoms with van der Waals surface area (Å²) in [5, 5.41) is 9.09. The normalized spacial score (nSPS) is 14.8. The number of piperidine rings is 1. The van der Waals surface area contributed by atoms with Crippen molar-refractivity contribution in [1.29, 1.82) is 0 Å². The van der Waals surface area contributed by atoms with Crippen molar-refractivity contribution in [2.75, 3.05) is 38.6 Å². The second kappa shape index (κ2) is 11.8. The number of unbranched alkanes of at least 4 members (excludes halogenated alkanes) is 1. The average molecular weight is 500 g/mol. The number of pyridine rings is 1. The van der Waals surface area contributed by atoms with Crippen molar-refractivity contribution >= 4 is 23.0 Å². The summed E-state index contributed by atoms with van der Waals surface area (Å²) in [7, 11) is 0. The number of H-pyrrole nitrogens is 1. The first-order chi connectivity index (χ1) is 17.4. The van der Waals surface area contributed by atoms with Gasteiger partial charge in [0, 0.05) is 18.8 Å². The van der Waals surface area contributed by atoms with Gasteiger partial charge in [-0.1, -0.05) is 19.4 Å². The minimum Gasteiger partial charge on any atom is -0.481 e. The number of carboxylic acid groups (broad SMARTS) is 1. The Labute approximate surface area is 208 Å². The highest BCUT2D eigenvalue weighted by Gasteiger charge is 2.24. The largest absolute Gasteiger partial charge is 0.481 e. The van der Waals surface area contributed by atoms with E-state index in [4.69, 9.17) is 20.3 Å². The third-order valence-corrected chi connectivity index (χ3v) is 6.30. The standard InChI is InChI=1S/C24H33N7O5/c1-2-3-12-36-23-28-20(25)19-21(29-23)31(24(34)27-19)15-16-5-6-18(26-14-16)35-13-4-9-30-10-7-17(8-11-30)22(32)33/h5-6,14,17H,2-4,7-13,15H2,1H3,(H,27,34)(H,32,33)(H2,25,28,29). The highest BCUT2D eigenvalue weighted by atomic mass is 16.5. The van der Waals surface area contributed by atoms with Crippen molar-refractivity contribution in [3.8, 4) is 11.9 Å². The number of rotatable bonds is 12. The van der Waals surface area contributed by atoms with Crippen LogP contribution in [0.4, 0.5) is 5.82 Å². The summed E-state index contributed by atoms with van der Waals surface area (Å²) >= 11 is 0. The number of nitrogen functional groups attached to an aromatic ring is 1. The van der Waals surface area contributed by atoms with E-state index in [1.54, 1.807) is 12.3 Å². The van der Waals surface area contributed by atoms with Crippen LogP contribution in [0.3, 0.4) is 0 Å². The number of aliphatic carboxylic acids is 1. The molecule has 4 N–H and O–H groups in total. The second-order valence-electron chi connectivity index (χ2n) is 8.97. The van der Waals surface area contributed by atoms with E-state index in [-0.39, 0.29) is 30.0 Å². The number of nitrogens with two attached hydrogens (primary N) is 1. The van der Waals surface area contributed by atoms with Gasteiger partial charge in [-0.15, -0.1) is 0 Å². The fraction of sp³-hybridized carbons (Fsp3) is 0.542. The Morgan fingerprint density at radius 3 is 2.67 bits per heavy atom. The number of carboxylic acids is 1. The maximum absolute atomic E-state index is 12.6. The van der Waals surface area contributed by atoms with Crippen LogP contribution in [0.25, 0.3) is 11.2 Å². The molecule has 0 aliphatic carbocycles. The van der Waals surface area contributed by atoms with Crippen LogP contribution in [0.2, 0.25) is 0 Å². The van der Waals surface area contributed by atoms with E-state index in [1.807, 2.05) is 6.07 Å². The van der Waals surface area contributed by atoms with Gasteiger partial charge in [-0.3, -0.25) is 9.36 Å². The number of carbonyl (C=O) groups is 1. The molecule has 1 saturated heterocycles. The number of ether oxygens (including phenoxy) is 2. The third kappa shape index (κ3) is 6.30. The van der Waals surface area contributed by atoms with Crippen LogP contribution in [-0.2, 0) is 11.3 Å². The summed E-state index contributed by atoms with van der Waals surface area (Å²) < 4.78 is 12.8. The molecule has 1 fully saturated rings. The summed E-state index contributed by atoms with van der Waals surface area (Å²) in [5.41, 5.74) is 7.23. The van der Waals surface area contributed by atoms with Gasteiger partial charge >= 0.3 is 17.7 Å². The zero-order chi connectivity index (χ0) is 25.5. The van der Waals surface area contributed by atoms with Gasteiger partial charge in [0.05, 0.1) is 25.7 Å². The molecule has 36 heavy (non-hydrogen) atoms. The van der Waals surface area contributed by atoms with Gasteiger partial charge in [-0.05, 0) is 44.3 Å². The molecule has 194 valence electrons. The van der Waals surface area contributed by atoms with Crippen LogP contribution >= 0.6 is 0 Å². The molecule has 0 amide bonds. The number of hydrogen-bond donors (Lipinski definition) is 3. The van der Waals surface area contributed by atoms with E-state index in [0.717, 1.165) is 44.5 Å². The van der Waals surface area contributed by atoms with Crippen LogP contribution < -0.4 is 20.9 Å². The van der Waals surface area contributed by atoms with Gasteiger partial charge in [0.25, 0.3) is 0 Å². The number of likely N-dealkylation sites (tertiary alicyclic amines) is 1. The molecule has 0 bridgehead atoms. The molecule has 4 heterocycles. The van der Waals surface area contributed by atoms with Crippen LogP contribution in [-0.4, -0.2) is 73.3 Å². The first-order valence-electron chi connectivity index (χ1n) is 12.4. The van der Waals surface area contributed by atoms with E-state index < -0.39 is 5.97 Å². The summed E-state index contributed by atoms with van der Waals surface area (Å²) in [6.45, 7) is 5.78. The van der Waals surface area contributed by atoms with Gasteiger partial charge in [0.15, 0.2) is 11.5 Å². The van der Waals surface area contributed by atoms with Crippen molar-refractivity contribution in [2.45, 2.75) is 45.6 Å². The van der Waals surface area contributed by atoms with Crippen molar-refractivity contribution in [3.63, 3.8) is 0 Å². The first kappa shape index (κ1) is 25.4. The van der Waals surface area contributed by atoms with Gasteiger partial charge in [-0.25, -0.2) is 9.78 Å². The number of nitrogens with zero attached hydrogens (tertiary/aromatic N) is 5. The van der Waals surface area contributed by atoms with Crippen LogP contribution in [0.5, 0.6) is 11.9 Å². The van der Waals surface area contributed by atoms with Gasteiger partial charge < -0.3 is 30.2 Å². The van der Waals surface area contributed by atoms with E-state index >= 15 is 0 Å². The SMILES string of the molecule is CCCCOc1nc(N)c2[nH]c(=O)n(Cc3ccc(OCCCN4CCC(C(=O)O)CC4)nc3)c2n1. The Morgan fingerprint density at radius 2 is 1.97 bits per heavy atom. The van der Waals surface area contributed by atoms with Gasteiger partial charge in [0.1, 0.15) is 5.52 Å². The lowest BCUT2D eigenvalue weighted by molar-refractivity contribution is -0.143. The predicted molar refractivity (Wildman–Crippen MR) is 133 cm³/mol. The molecule has 3 aromatic heterocycles. The van der Waals surface area contributed by atoms with Crippen molar-refractivity contribution in [3.05, 3.63) is 34.4 Å². The van der Waals surface area contributed by atoms with E-state index in [1.165, 1.54) is 4.57 Å². The first-order valence-corrected chi connectivity index (χ1v) is 12.4. The number of aromatic amines is 1. The highest BCUT2D eigenvalue weighted by Crippen LogP contribution is 2.20. The molecule has 1 aliphatic heterocycles. The van der Waals surface area contributed by atoms with Crippen LogP contribution in [0, 0.1) is 5.92 Å². The molecular formula is C24H33N7O5. The van der Waals surface area contributed by atoms with Crippen LogP contribution in [0.15, 0.2) is 23.1 Å². The number of aromatic nitrogens is 5. The quantitative estimate of drug-likeness (QED) is 0.314. The molecule has 4 rings (SSSR count). The van der Waals surface area contributed by atoms with Crippen molar-refractivity contribution in [2.24, 2.45) is 5.92 Å². The Hall–Kier alpha value is -3.67. The molecule has 3 aromatic rings. The minimum atomic E-state index is -0.694. The smallest absolute Gasteiger partial charge is 0.328 e. The molecule has 0 saturated carbocycles. The lowest BCUT2D eigenvalue weighted by Gasteiger charge is -2.29. The lowest BCUT2D eigenvalue weighted by atomic mass is 9.97. The zero-order valence-electron chi connectivity index (χ0n) is 20.5. The number of imidazole rings is 1. The maximum atomic E-state index is 12.6. The van der Waals surface area contributed by atoms with Gasteiger partial charge in [-0.2, -0.15) is 9.97 Å². The number of hydrogen-bond acceptors (Lipinski definition) is 9. The molecule has 12 nitrogen and oxygen atoms in total. The molecule has 0 unspecified atom stereocenters. The molecule has 0 aromatic carbocycles. The topological polar surface area (TPSA) is 161 Å². The molecule has 0 radical (unpaired) electrons. The number of nitrogens with one attached hydrogen (secondary N) is 1. The monoisotopic (exact) mass is 499 g/mol. The number of anilines is 1. The average Bonchev–Trinajstić information content (AvgIpc) is 3.19. The van der Waals surface area contributed by atoms with E-state index in [2.05, 4.69) is 31.8 Å². The Morgan fingerprint density at radius 1 is 1.19 bits per heavy atom. The van der Waals surface area contributed by atoms with Gasteiger partial charge in [0.2, 0.25) is 5.88 Å². The number of fused-ring (bicyclic) bond motifs is 1.